The summed E-state index contributed by atoms with van der Waals surface area (Å²) in [4.78, 5) is 11.4. The van der Waals surface area contributed by atoms with Gasteiger partial charge in [0.15, 0.2) is 0 Å². The van der Waals surface area contributed by atoms with Crippen molar-refractivity contribution in [3.05, 3.63) is 28.7 Å². The summed E-state index contributed by atoms with van der Waals surface area (Å²) in [5.41, 5.74) is 4.59. The number of ether oxygens (including phenoxy) is 1. The van der Waals surface area contributed by atoms with Crippen LogP contribution < -0.4 is 0 Å². The number of aryl methyl sites for hydroxylation is 1. The lowest BCUT2D eigenvalue weighted by Crippen LogP contribution is -2.51. The number of hydrogen-bond acceptors (Lipinski definition) is 4. The van der Waals surface area contributed by atoms with Crippen LogP contribution >= 0.6 is 0 Å². The van der Waals surface area contributed by atoms with Crippen molar-refractivity contribution in [2.75, 3.05) is 0 Å². The second-order valence-electron chi connectivity index (χ2n) is 9.96. The molecule has 6 atom stereocenters. The molecule has 4 nitrogen and oxygen atoms in total. The van der Waals surface area contributed by atoms with E-state index in [0.29, 0.717) is 5.92 Å². The van der Waals surface area contributed by atoms with E-state index in [1.165, 1.54) is 31.7 Å². The molecule has 0 bridgehead atoms. The average molecular weight is 370 g/mol. The van der Waals surface area contributed by atoms with Gasteiger partial charge in [0.1, 0.15) is 11.9 Å². The maximum Gasteiger partial charge on any atom is 0.302 e. The first-order valence-electron chi connectivity index (χ1n) is 10.7. The van der Waals surface area contributed by atoms with Crippen molar-refractivity contribution in [2.45, 2.75) is 84.2 Å². The summed E-state index contributed by atoms with van der Waals surface area (Å²) >= 11 is 0. The maximum atomic E-state index is 11.4. The number of esters is 1. The topological polar surface area (TPSA) is 52.3 Å². The van der Waals surface area contributed by atoms with Gasteiger partial charge in [0.25, 0.3) is 0 Å². The van der Waals surface area contributed by atoms with Crippen molar-refractivity contribution < 1.29 is 14.1 Å². The van der Waals surface area contributed by atoms with E-state index in [2.05, 4.69) is 32.0 Å². The van der Waals surface area contributed by atoms with Crippen LogP contribution in [0.5, 0.6) is 0 Å². The molecule has 0 amide bonds. The Balaban J connectivity index is 1.45. The van der Waals surface area contributed by atoms with E-state index < -0.39 is 0 Å². The van der Waals surface area contributed by atoms with Crippen molar-refractivity contribution in [2.24, 2.45) is 23.2 Å². The molecule has 4 aliphatic carbocycles. The number of fused-ring (bicyclic) bond motifs is 7. The lowest BCUT2D eigenvalue weighted by molar-refractivity contribution is -0.148. The molecule has 2 saturated carbocycles. The SMILES string of the molecule is CC(=O)O[C@H]1CC[C@@]2(C)C(=CC[C@H]3[C@H]2CC[C@]2(C)c4c(C)noc4C[C@H]32)C1. The summed E-state index contributed by atoms with van der Waals surface area (Å²) < 4.78 is 11.3. The Morgan fingerprint density at radius 2 is 1.96 bits per heavy atom. The van der Waals surface area contributed by atoms with E-state index in [-0.39, 0.29) is 22.9 Å². The summed E-state index contributed by atoms with van der Waals surface area (Å²) in [7, 11) is 0. The van der Waals surface area contributed by atoms with Crippen molar-refractivity contribution in [3.8, 4) is 0 Å². The largest absolute Gasteiger partial charge is 0.462 e. The lowest BCUT2D eigenvalue weighted by Gasteiger charge is -2.57. The van der Waals surface area contributed by atoms with Crippen LogP contribution in [0.2, 0.25) is 0 Å². The van der Waals surface area contributed by atoms with Gasteiger partial charge in [0.2, 0.25) is 0 Å². The van der Waals surface area contributed by atoms with Crippen molar-refractivity contribution in [1.82, 2.24) is 5.16 Å². The van der Waals surface area contributed by atoms with Crippen molar-refractivity contribution in [1.29, 1.82) is 0 Å². The normalized spacial score (nSPS) is 42.4. The van der Waals surface area contributed by atoms with Gasteiger partial charge in [-0.1, -0.05) is 30.7 Å². The van der Waals surface area contributed by atoms with E-state index >= 15 is 0 Å². The molecule has 146 valence electrons. The van der Waals surface area contributed by atoms with Crippen LogP contribution in [0, 0.1) is 30.1 Å². The second-order valence-corrected chi connectivity index (χ2v) is 9.96. The number of allylic oxidation sites excluding steroid dienone is 1. The quantitative estimate of drug-likeness (QED) is 0.522. The molecule has 5 rings (SSSR count). The van der Waals surface area contributed by atoms with Gasteiger partial charge in [-0.05, 0) is 62.2 Å². The molecule has 0 aliphatic heterocycles. The highest BCUT2D eigenvalue weighted by molar-refractivity contribution is 5.66. The highest BCUT2D eigenvalue weighted by Crippen LogP contribution is 2.64. The van der Waals surface area contributed by atoms with E-state index in [1.54, 1.807) is 5.57 Å². The van der Waals surface area contributed by atoms with Gasteiger partial charge in [0.05, 0.1) is 5.69 Å². The molecular formula is C23H31NO3. The van der Waals surface area contributed by atoms with Gasteiger partial charge < -0.3 is 9.26 Å². The predicted molar refractivity (Wildman–Crippen MR) is 102 cm³/mol. The Labute approximate surface area is 161 Å². The van der Waals surface area contributed by atoms with Crippen LogP contribution in [-0.2, 0) is 21.4 Å². The summed E-state index contributed by atoms with van der Waals surface area (Å²) in [6.45, 7) is 8.59. The zero-order chi connectivity index (χ0) is 19.0. The average Bonchev–Trinajstić information content (AvgIpc) is 3.12. The molecule has 4 heteroatoms. The minimum atomic E-state index is -0.144. The van der Waals surface area contributed by atoms with E-state index in [9.17, 15) is 4.79 Å². The first kappa shape index (κ1) is 17.5. The third-order valence-electron chi connectivity index (χ3n) is 8.69. The fourth-order valence-electron chi connectivity index (χ4n) is 7.46. The van der Waals surface area contributed by atoms with Gasteiger partial charge >= 0.3 is 5.97 Å². The van der Waals surface area contributed by atoms with Crippen LogP contribution in [0.15, 0.2) is 16.2 Å². The third kappa shape index (κ3) is 2.34. The zero-order valence-electron chi connectivity index (χ0n) is 17.0. The molecule has 0 N–H and O–H groups in total. The Morgan fingerprint density at radius 1 is 1.19 bits per heavy atom. The van der Waals surface area contributed by atoms with Crippen LogP contribution in [0.3, 0.4) is 0 Å². The Bertz CT molecular complexity index is 824. The van der Waals surface area contributed by atoms with E-state index in [4.69, 9.17) is 9.26 Å². The number of rotatable bonds is 1. The van der Waals surface area contributed by atoms with E-state index in [1.807, 2.05) is 0 Å². The Morgan fingerprint density at radius 3 is 2.74 bits per heavy atom. The summed E-state index contributed by atoms with van der Waals surface area (Å²) in [5, 5.41) is 4.26. The summed E-state index contributed by atoms with van der Waals surface area (Å²) in [5.74, 6) is 3.15. The second kappa shape index (κ2) is 5.71. The number of carbonyl (C=O) groups is 1. The van der Waals surface area contributed by atoms with Crippen LogP contribution in [-0.4, -0.2) is 17.2 Å². The predicted octanol–water partition coefficient (Wildman–Crippen LogP) is 4.89. The monoisotopic (exact) mass is 369 g/mol. The Hall–Kier alpha value is -1.58. The first-order chi connectivity index (χ1) is 12.8. The zero-order valence-corrected chi connectivity index (χ0v) is 17.0. The van der Waals surface area contributed by atoms with Crippen LogP contribution in [0.4, 0.5) is 0 Å². The standard InChI is InChI=1S/C23H31NO3/c1-13-21-20(27-24-13)12-19-17-6-5-15-11-16(26-14(2)25)7-9-22(15,3)18(17)8-10-23(19,21)4/h5,16-19H,6-12H2,1-4H3/t16-,17-,18+,19+,22-,23-/m0/s1. The molecule has 1 aromatic rings. The number of carbonyl (C=O) groups excluding carboxylic acids is 1. The van der Waals surface area contributed by atoms with Gasteiger partial charge in [-0.15, -0.1) is 0 Å². The molecular weight excluding hydrogens is 338 g/mol. The van der Waals surface area contributed by atoms with Gasteiger partial charge in [-0.2, -0.15) is 0 Å². The minimum Gasteiger partial charge on any atom is -0.462 e. The fourth-order valence-corrected chi connectivity index (χ4v) is 7.46. The van der Waals surface area contributed by atoms with Crippen molar-refractivity contribution in [3.63, 3.8) is 0 Å². The third-order valence-corrected chi connectivity index (χ3v) is 8.69. The van der Waals surface area contributed by atoms with Gasteiger partial charge in [-0.3, -0.25) is 4.79 Å². The molecule has 27 heavy (non-hydrogen) atoms. The molecule has 0 aromatic carbocycles. The molecule has 0 saturated heterocycles. The Kier molecular flexibility index (Phi) is 3.71. The number of nitrogens with zero attached hydrogens (tertiary/aromatic N) is 1. The van der Waals surface area contributed by atoms with Crippen molar-refractivity contribution >= 4 is 5.97 Å². The molecule has 0 spiro atoms. The fraction of sp³-hybridized carbons (Fsp3) is 0.739. The lowest BCUT2D eigenvalue weighted by atomic mass is 9.47. The highest BCUT2D eigenvalue weighted by atomic mass is 16.5. The molecule has 0 unspecified atom stereocenters. The minimum absolute atomic E-state index is 0.0800. The number of aromatic nitrogens is 1. The van der Waals surface area contributed by atoms with Gasteiger partial charge in [0, 0.05) is 30.7 Å². The molecule has 0 radical (unpaired) electrons. The smallest absolute Gasteiger partial charge is 0.302 e. The highest BCUT2D eigenvalue weighted by Gasteiger charge is 2.59. The van der Waals surface area contributed by atoms with Gasteiger partial charge in [-0.25, -0.2) is 0 Å². The molecule has 2 fully saturated rings. The first-order valence-corrected chi connectivity index (χ1v) is 10.7. The number of hydrogen-bond donors (Lipinski definition) is 0. The summed E-state index contributed by atoms with van der Waals surface area (Å²) in [6.07, 6.45) is 10.4. The summed E-state index contributed by atoms with van der Waals surface area (Å²) in [6, 6.07) is 0. The maximum absolute atomic E-state index is 11.4. The molecule has 1 aromatic heterocycles. The molecule has 1 heterocycles. The molecule has 4 aliphatic rings. The van der Waals surface area contributed by atoms with Crippen LogP contribution in [0.1, 0.15) is 76.3 Å². The van der Waals surface area contributed by atoms with E-state index in [0.717, 1.165) is 49.0 Å². The van der Waals surface area contributed by atoms with Crippen LogP contribution in [0.25, 0.3) is 0 Å².